The molecule has 20 heteroatoms. The predicted molar refractivity (Wildman–Crippen MR) is 268 cm³/mol. The van der Waals surface area contributed by atoms with Crippen LogP contribution in [-0.2, 0) is 9.59 Å². The molecule has 2 spiro atoms. The molecule has 372 valence electrons. The van der Waals surface area contributed by atoms with Crippen molar-refractivity contribution in [3.63, 3.8) is 0 Å². The van der Waals surface area contributed by atoms with Crippen molar-refractivity contribution in [1.82, 2.24) is 58.6 Å². The van der Waals surface area contributed by atoms with Gasteiger partial charge in [-0.2, -0.15) is 29.4 Å². The summed E-state index contributed by atoms with van der Waals surface area (Å²) < 4.78 is 18.3. The van der Waals surface area contributed by atoms with Crippen LogP contribution in [0.5, 0.6) is 11.5 Å². The average molecular weight is 975 g/mol. The zero-order chi connectivity index (χ0) is 50.1. The second kappa shape index (κ2) is 18.1. The topological polar surface area (TPSA) is 213 Å². The fourth-order valence-electron chi connectivity index (χ4n) is 12.2. The van der Waals surface area contributed by atoms with Crippen molar-refractivity contribution in [2.75, 3.05) is 38.9 Å². The Hall–Kier alpha value is -7.90. The number of nitrogens with zero attached hydrogens (tertiary/aromatic N) is 12. The zero-order valence-electron chi connectivity index (χ0n) is 41.3. The van der Waals surface area contributed by atoms with E-state index in [4.69, 9.17) is 19.7 Å². The molecule has 8 aromatic rings. The monoisotopic (exact) mass is 974 g/mol. The molecule has 2 N–H and O–H groups in total. The third-order valence-corrected chi connectivity index (χ3v) is 16.2. The van der Waals surface area contributed by atoms with Crippen LogP contribution in [0.15, 0.2) is 85.7 Å². The van der Waals surface area contributed by atoms with E-state index in [1.54, 1.807) is 60.2 Å². The molecule has 8 heterocycles. The van der Waals surface area contributed by atoms with E-state index in [1.807, 2.05) is 82.1 Å². The summed E-state index contributed by atoms with van der Waals surface area (Å²) in [4.78, 5) is 63.3. The van der Waals surface area contributed by atoms with Gasteiger partial charge in [0.25, 0.3) is 11.8 Å². The number of methoxy groups -OCH3 is 2. The number of hydrogen-bond acceptors (Lipinski definition) is 12. The van der Waals surface area contributed by atoms with Crippen molar-refractivity contribution in [2.45, 2.75) is 101 Å². The van der Waals surface area contributed by atoms with Crippen molar-refractivity contribution in [3.05, 3.63) is 96.8 Å². The number of fused-ring (bicyclic) bond motifs is 4. The van der Waals surface area contributed by atoms with E-state index in [1.165, 1.54) is 0 Å². The third kappa shape index (κ3) is 8.01. The zero-order valence-corrected chi connectivity index (χ0v) is 41.3. The number of ether oxygens (including phenoxy) is 2. The highest BCUT2D eigenvalue weighted by atomic mass is 16.5. The van der Waals surface area contributed by atoms with Crippen molar-refractivity contribution < 1.29 is 28.7 Å². The van der Waals surface area contributed by atoms with Crippen LogP contribution in [0.2, 0.25) is 0 Å². The fourth-order valence-corrected chi connectivity index (χ4v) is 12.2. The summed E-state index contributed by atoms with van der Waals surface area (Å²) in [7, 11) is 7.00. The number of rotatable bonds is 8. The van der Waals surface area contributed by atoms with Crippen LogP contribution in [0.4, 0.5) is 11.6 Å². The lowest BCUT2D eigenvalue weighted by Gasteiger charge is -2.45. The molecule has 6 aromatic heterocycles. The number of anilines is 2. The van der Waals surface area contributed by atoms with Gasteiger partial charge in [-0.15, -0.1) is 0 Å². The first-order chi connectivity index (χ1) is 34.8. The molecule has 4 amide bonds. The molecule has 4 aliphatic rings. The van der Waals surface area contributed by atoms with Crippen molar-refractivity contribution in [2.24, 2.45) is 11.8 Å². The molecule has 0 unspecified atom stereocenters. The molecule has 12 rings (SSSR count). The minimum atomic E-state index is -0.309. The number of nitrogens with one attached hydrogen (secondary N) is 2. The lowest BCUT2D eigenvalue weighted by atomic mass is 9.72. The molecule has 20 nitrogen and oxygen atoms in total. The number of aromatic nitrogens is 10. The average Bonchev–Trinajstić information content (AvgIpc) is 4.26. The smallest absolute Gasteiger partial charge is 0.260 e. The first-order valence-corrected chi connectivity index (χ1v) is 24.6. The maximum Gasteiger partial charge on any atom is 0.260 e. The second-order valence-corrected chi connectivity index (χ2v) is 20.2. The van der Waals surface area contributed by atoms with Gasteiger partial charge in [0.1, 0.15) is 11.5 Å². The minimum absolute atomic E-state index is 0.0131. The van der Waals surface area contributed by atoms with Gasteiger partial charge in [0.05, 0.1) is 60.9 Å². The molecular weight excluding hydrogens is 917 g/mol. The molecule has 2 saturated heterocycles. The molecule has 2 saturated carbocycles. The molecule has 6 atom stereocenters. The molecule has 72 heavy (non-hydrogen) atoms. The summed E-state index contributed by atoms with van der Waals surface area (Å²) in [5.74, 6) is 2.49. The van der Waals surface area contributed by atoms with Gasteiger partial charge >= 0.3 is 0 Å². The lowest BCUT2D eigenvalue weighted by Crippen LogP contribution is -2.48. The summed E-state index contributed by atoms with van der Waals surface area (Å²) in [5, 5.41) is 25.8. The van der Waals surface area contributed by atoms with Crippen molar-refractivity contribution in [1.29, 1.82) is 0 Å². The maximum atomic E-state index is 13.2. The van der Waals surface area contributed by atoms with Gasteiger partial charge in [0.2, 0.25) is 11.8 Å². The number of carbonyl (C=O) groups excluding carboxylic acids is 4. The molecule has 0 radical (unpaired) electrons. The predicted octanol–water partition coefficient (Wildman–Crippen LogP) is 7.38. The van der Waals surface area contributed by atoms with E-state index < -0.39 is 0 Å². The molecule has 4 fully saturated rings. The van der Waals surface area contributed by atoms with E-state index in [0.717, 1.165) is 73.2 Å². The van der Waals surface area contributed by atoms with E-state index >= 15 is 0 Å². The minimum Gasteiger partial charge on any atom is -0.496 e. The maximum absolute atomic E-state index is 13.2. The Morgan fingerprint density at radius 1 is 0.639 bits per heavy atom. The quantitative estimate of drug-likeness (QED) is 0.153. The molecule has 0 bridgehead atoms. The van der Waals surface area contributed by atoms with Crippen LogP contribution in [0.25, 0.3) is 33.1 Å². The highest BCUT2D eigenvalue weighted by Crippen LogP contribution is 2.49. The highest BCUT2D eigenvalue weighted by Gasteiger charge is 2.49. The van der Waals surface area contributed by atoms with Gasteiger partial charge in [-0.1, -0.05) is 13.8 Å². The Balaban J connectivity index is 0.000000156. The third-order valence-electron chi connectivity index (χ3n) is 16.2. The van der Waals surface area contributed by atoms with Gasteiger partial charge in [-0.05, 0) is 99.6 Å². The lowest BCUT2D eigenvalue weighted by molar-refractivity contribution is -0.131. The number of hydrogen-bond donors (Lipinski definition) is 2. The standard InChI is InChI=1S/2C26H29N7O3/c2*1-16-13-26(9-7-24(34)31(26)2)8-6-20(16)32-15-17-11-18(21(36-3)12-19(17)30-32)25(35)29-23-14-27-22-5-4-10-28-33(22)23/h2*4-5,10-12,14-16,20H,6-9,13H2,1-3H3,(H,29,35)/t2*16-,20-,26-/m11/s1. The van der Waals surface area contributed by atoms with Gasteiger partial charge in [0, 0.05) is 85.7 Å². The molecule has 2 aliphatic carbocycles. The molecular formula is C52H58N14O6. The van der Waals surface area contributed by atoms with Gasteiger partial charge in [0.15, 0.2) is 22.9 Å². The van der Waals surface area contributed by atoms with Crippen LogP contribution in [-0.4, -0.2) is 122 Å². The SMILES string of the molecule is COc1cc2nn([C@@H]3CC[C@@]4(CCC(=O)N4C)C[C@H]3C)cc2cc1C(=O)Nc1cnc2cccnn12.COc1cc2nn([C@@H]3CC[C@@]4(CCC(=O)N4C)C[C@H]3C)cc2cc1C(=O)Nc1cnc2cccnn12. The van der Waals surface area contributed by atoms with Crippen LogP contribution < -0.4 is 20.1 Å². The fraction of sp³-hybridized carbons (Fsp3) is 0.423. The number of imidazole rings is 2. The second-order valence-electron chi connectivity index (χ2n) is 20.2. The van der Waals surface area contributed by atoms with Crippen LogP contribution in [0, 0.1) is 11.8 Å². The van der Waals surface area contributed by atoms with E-state index in [0.29, 0.717) is 70.2 Å². The summed E-state index contributed by atoms with van der Waals surface area (Å²) in [6.07, 6.45) is 19.5. The van der Waals surface area contributed by atoms with Crippen molar-refractivity contribution >= 4 is 68.4 Å². The molecule has 2 aliphatic heterocycles. The Kier molecular flexibility index (Phi) is 11.7. The summed E-state index contributed by atoms with van der Waals surface area (Å²) >= 11 is 0. The Bertz CT molecular complexity index is 3210. The number of benzene rings is 2. The highest BCUT2D eigenvalue weighted by molar-refractivity contribution is 6.09. The summed E-state index contributed by atoms with van der Waals surface area (Å²) in [6.45, 7) is 4.50. The Labute approximate surface area is 414 Å². The largest absolute Gasteiger partial charge is 0.496 e. The van der Waals surface area contributed by atoms with E-state index in [9.17, 15) is 19.2 Å². The van der Waals surface area contributed by atoms with Gasteiger partial charge < -0.3 is 29.9 Å². The van der Waals surface area contributed by atoms with Crippen LogP contribution in [0.1, 0.15) is 111 Å². The Morgan fingerprint density at radius 2 is 1.07 bits per heavy atom. The molecule has 2 aromatic carbocycles. The van der Waals surface area contributed by atoms with Crippen LogP contribution in [0.3, 0.4) is 0 Å². The van der Waals surface area contributed by atoms with Gasteiger partial charge in [-0.25, -0.2) is 9.97 Å². The number of carbonyl (C=O) groups is 4. The normalized spacial score (nSPS) is 24.2. The van der Waals surface area contributed by atoms with Crippen LogP contribution >= 0.6 is 0 Å². The van der Waals surface area contributed by atoms with E-state index in [-0.39, 0.29) is 46.8 Å². The Morgan fingerprint density at radius 3 is 1.44 bits per heavy atom. The summed E-state index contributed by atoms with van der Waals surface area (Å²) in [6, 6.07) is 15.0. The first kappa shape index (κ1) is 46.5. The van der Waals surface area contributed by atoms with Gasteiger partial charge in [-0.3, -0.25) is 28.5 Å². The first-order valence-electron chi connectivity index (χ1n) is 24.6. The number of likely N-dealkylation sites (tertiary alicyclic amines) is 2. The summed E-state index contributed by atoms with van der Waals surface area (Å²) in [5.41, 5.74) is 3.65. The number of amides is 4. The van der Waals surface area contributed by atoms with Crippen molar-refractivity contribution in [3.8, 4) is 11.5 Å². The van der Waals surface area contributed by atoms with E-state index in [2.05, 4.69) is 44.6 Å².